The van der Waals surface area contributed by atoms with Crippen molar-refractivity contribution in [2.45, 2.75) is 6.92 Å². The molecule has 1 heterocycles. The third-order valence-corrected chi connectivity index (χ3v) is 5.64. The Balaban J connectivity index is 2.17. The zero-order valence-corrected chi connectivity index (χ0v) is 16.3. The Bertz CT molecular complexity index is 1110. The molecule has 0 bridgehead atoms. The van der Waals surface area contributed by atoms with Crippen LogP contribution in [0.3, 0.4) is 0 Å². The summed E-state index contributed by atoms with van der Waals surface area (Å²) in [6.45, 7) is 1.61. The van der Waals surface area contributed by atoms with Gasteiger partial charge in [-0.05, 0) is 59.4 Å². The molecule has 1 aromatic carbocycles. The maximum Gasteiger partial charge on any atom is 0.224 e. The summed E-state index contributed by atoms with van der Waals surface area (Å²) in [5.41, 5.74) is 1.29. The summed E-state index contributed by atoms with van der Waals surface area (Å²) in [6, 6.07) is 6.61. The fraction of sp³-hybridized carbons (Fsp3) is 0.0556. The summed E-state index contributed by atoms with van der Waals surface area (Å²) >= 11 is 2.90. The highest BCUT2D eigenvalue weighted by Gasteiger charge is 2.17. The molecule has 1 aliphatic heterocycles. The average Bonchev–Trinajstić information content (AvgIpc) is 2.62. The van der Waals surface area contributed by atoms with Gasteiger partial charge >= 0.3 is 0 Å². The predicted molar refractivity (Wildman–Crippen MR) is 107 cm³/mol. The van der Waals surface area contributed by atoms with Crippen LogP contribution >= 0.6 is 33.9 Å². The number of benzene rings is 2. The summed E-state index contributed by atoms with van der Waals surface area (Å²) in [6.07, 6.45) is 3.01. The second-order valence-corrected chi connectivity index (χ2v) is 7.66. The summed E-state index contributed by atoms with van der Waals surface area (Å²) < 4.78 is 0.436. The van der Waals surface area contributed by atoms with Crippen LogP contribution in [0, 0.1) is 21.8 Å². The Morgan fingerprint density at radius 1 is 1.27 bits per heavy atom. The molecule has 0 amide bonds. The van der Waals surface area contributed by atoms with Gasteiger partial charge < -0.3 is 15.3 Å². The number of nitrogens with zero attached hydrogens (tertiary/aromatic N) is 2. The van der Waals surface area contributed by atoms with Crippen LogP contribution in [0.4, 0.5) is 0 Å². The number of aromatic hydroxyl groups is 3. The van der Waals surface area contributed by atoms with Crippen LogP contribution in [0.15, 0.2) is 29.2 Å². The highest BCUT2D eigenvalue weighted by molar-refractivity contribution is 14.1. The van der Waals surface area contributed by atoms with E-state index in [2.05, 4.69) is 4.98 Å². The molecule has 1 aliphatic carbocycles. The van der Waals surface area contributed by atoms with Crippen LogP contribution in [0.2, 0.25) is 0 Å². The van der Waals surface area contributed by atoms with Gasteiger partial charge in [-0.25, -0.2) is 4.98 Å². The molecule has 1 aromatic rings. The van der Waals surface area contributed by atoms with Gasteiger partial charge in [0.1, 0.15) is 11.1 Å². The number of phenolic OH excluding ortho intramolecular Hbond substituents is 3. The van der Waals surface area contributed by atoms with Crippen LogP contribution in [-0.2, 0) is 0 Å². The zero-order valence-electron chi connectivity index (χ0n) is 13.3. The highest BCUT2D eigenvalue weighted by atomic mass is 127. The molecule has 0 spiro atoms. The third kappa shape index (κ3) is 3.23. The van der Waals surface area contributed by atoms with Gasteiger partial charge in [-0.15, -0.1) is 11.3 Å². The van der Waals surface area contributed by atoms with Gasteiger partial charge in [0.25, 0.3) is 0 Å². The maximum absolute atomic E-state index is 11.9. The highest BCUT2D eigenvalue weighted by Crippen LogP contribution is 2.37. The molecule has 6 nitrogen and oxygen atoms in total. The molecule has 0 aromatic heterocycles. The van der Waals surface area contributed by atoms with E-state index in [0.29, 0.717) is 30.1 Å². The van der Waals surface area contributed by atoms with Gasteiger partial charge in [0.15, 0.2) is 17.2 Å². The van der Waals surface area contributed by atoms with Crippen LogP contribution < -0.4 is 5.43 Å². The first kappa shape index (κ1) is 18.2. The van der Waals surface area contributed by atoms with Crippen molar-refractivity contribution in [1.29, 1.82) is 5.26 Å². The van der Waals surface area contributed by atoms with Gasteiger partial charge in [-0.1, -0.05) is 0 Å². The summed E-state index contributed by atoms with van der Waals surface area (Å²) in [5.74, 6) is -0.876. The minimum atomic E-state index is -0.452. The van der Waals surface area contributed by atoms with Crippen molar-refractivity contribution < 1.29 is 15.3 Å². The van der Waals surface area contributed by atoms with E-state index in [1.807, 2.05) is 28.7 Å². The zero-order chi connectivity index (χ0) is 19.0. The smallest absolute Gasteiger partial charge is 0.224 e. The first-order valence-corrected chi connectivity index (χ1v) is 9.17. The topological polar surface area (TPSA) is 114 Å². The largest absolute Gasteiger partial charge is 0.504 e. The molecule has 0 saturated heterocycles. The predicted octanol–water partition coefficient (Wildman–Crippen LogP) is 3.70. The number of fused-ring (bicyclic) bond motifs is 1. The molecule has 0 atom stereocenters. The SMILES string of the molecule is Cc1cc2cnc(/C(C#N)=C/c3cc(O)c(O)c(I)c3)sc-2c(O)c1=O. The van der Waals surface area contributed by atoms with Crippen molar-refractivity contribution >= 4 is 45.6 Å². The lowest BCUT2D eigenvalue weighted by Crippen LogP contribution is -2.06. The lowest BCUT2D eigenvalue weighted by Gasteiger charge is -2.09. The fourth-order valence-electron chi connectivity index (χ4n) is 2.37. The standard InChI is InChI=1S/C18H11IN2O4S/c1-8-2-11-7-21-18(26-17(11)16(25)14(8)23)10(6-20)3-9-4-12(19)15(24)13(22)5-9/h2-5,7,22,24-25H,1H3/b10-3+. The molecular weight excluding hydrogens is 467 g/mol. The van der Waals surface area contributed by atoms with E-state index in [0.717, 1.165) is 11.3 Å². The molecule has 130 valence electrons. The van der Waals surface area contributed by atoms with Crippen LogP contribution in [-0.4, -0.2) is 20.3 Å². The molecule has 3 N–H and O–H groups in total. The Kier molecular flexibility index (Phi) is 4.84. The van der Waals surface area contributed by atoms with Crippen molar-refractivity contribution in [3.05, 3.63) is 54.3 Å². The van der Waals surface area contributed by atoms with Crippen molar-refractivity contribution in [3.63, 3.8) is 0 Å². The molecule has 8 heteroatoms. The van der Waals surface area contributed by atoms with E-state index < -0.39 is 5.43 Å². The normalized spacial score (nSPS) is 11.5. The number of nitriles is 1. The van der Waals surface area contributed by atoms with Crippen molar-refractivity contribution in [1.82, 2.24) is 4.98 Å². The number of aryl methyl sites for hydroxylation is 1. The second-order valence-electron chi connectivity index (χ2n) is 5.50. The van der Waals surface area contributed by atoms with Gasteiger partial charge in [0, 0.05) is 17.3 Å². The molecule has 0 radical (unpaired) electrons. The fourth-order valence-corrected chi connectivity index (χ4v) is 3.93. The summed E-state index contributed by atoms with van der Waals surface area (Å²) in [5, 5.41) is 39.3. The quantitative estimate of drug-likeness (QED) is 0.294. The number of allylic oxidation sites excluding steroid dienone is 1. The third-order valence-electron chi connectivity index (χ3n) is 3.67. The maximum atomic E-state index is 11.9. The van der Waals surface area contributed by atoms with E-state index in [1.54, 1.807) is 19.1 Å². The number of hydrogen-bond acceptors (Lipinski definition) is 7. The first-order valence-electron chi connectivity index (χ1n) is 7.28. The van der Waals surface area contributed by atoms with E-state index in [9.17, 15) is 25.4 Å². The van der Waals surface area contributed by atoms with Crippen LogP contribution in [0.5, 0.6) is 17.2 Å². The van der Waals surface area contributed by atoms with E-state index >= 15 is 0 Å². The molecule has 2 aliphatic rings. The monoisotopic (exact) mass is 478 g/mol. The molecule has 0 saturated carbocycles. The summed E-state index contributed by atoms with van der Waals surface area (Å²) in [7, 11) is 0. The minimum Gasteiger partial charge on any atom is -0.504 e. The lowest BCUT2D eigenvalue weighted by molar-refractivity contribution is 0.401. The molecular formula is C18H11IN2O4S. The Labute approximate surface area is 165 Å². The van der Waals surface area contributed by atoms with Gasteiger partial charge in [0.05, 0.1) is 14.0 Å². The molecule has 3 rings (SSSR count). The molecule has 0 unspecified atom stereocenters. The number of aromatic nitrogens is 1. The second kappa shape index (κ2) is 6.93. The van der Waals surface area contributed by atoms with E-state index in [4.69, 9.17) is 0 Å². The number of phenols is 3. The number of hydrogen-bond donors (Lipinski definition) is 3. The molecule has 0 fully saturated rings. The van der Waals surface area contributed by atoms with Gasteiger partial charge in [-0.2, -0.15) is 5.26 Å². The van der Waals surface area contributed by atoms with E-state index in [1.165, 1.54) is 18.3 Å². The minimum absolute atomic E-state index is 0.199. The van der Waals surface area contributed by atoms with Crippen LogP contribution in [0.1, 0.15) is 16.1 Å². The summed E-state index contributed by atoms with van der Waals surface area (Å²) in [4.78, 5) is 16.5. The van der Waals surface area contributed by atoms with Gasteiger partial charge in [-0.3, -0.25) is 4.79 Å². The average molecular weight is 478 g/mol. The Hall–Kier alpha value is -2.64. The van der Waals surface area contributed by atoms with E-state index in [-0.39, 0.29) is 22.8 Å². The molecule has 26 heavy (non-hydrogen) atoms. The van der Waals surface area contributed by atoms with Crippen molar-refractivity contribution in [3.8, 4) is 33.8 Å². The van der Waals surface area contributed by atoms with Crippen LogP contribution in [0.25, 0.3) is 22.1 Å². The van der Waals surface area contributed by atoms with Crippen molar-refractivity contribution in [2.24, 2.45) is 0 Å². The Morgan fingerprint density at radius 3 is 2.65 bits per heavy atom. The van der Waals surface area contributed by atoms with Gasteiger partial charge in [0.2, 0.25) is 5.43 Å². The first-order chi connectivity index (χ1) is 12.3. The Morgan fingerprint density at radius 2 is 2.00 bits per heavy atom. The lowest BCUT2D eigenvalue weighted by atomic mass is 10.1. The number of rotatable bonds is 2. The number of halogens is 1. The van der Waals surface area contributed by atoms with Crippen molar-refractivity contribution in [2.75, 3.05) is 0 Å².